The number of hydrogen-bond acceptors (Lipinski definition) is 4. The fraction of sp³-hybridized carbons (Fsp3) is 0.409. The molecule has 2 heterocycles. The van der Waals surface area contributed by atoms with Gasteiger partial charge in [-0.3, -0.25) is 0 Å². The molecule has 2 aromatic carbocycles. The number of benzene rings is 2. The first-order valence-corrected chi connectivity index (χ1v) is 12.1. The van der Waals surface area contributed by atoms with Gasteiger partial charge in [0.1, 0.15) is 11.5 Å². The lowest BCUT2D eigenvalue weighted by molar-refractivity contribution is 0.120. The first-order valence-electron chi connectivity index (χ1n) is 10.2. The molecule has 0 radical (unpaired) electrons. The van der Waals surface area contributed by atoms with Crippen LogP contribution in [0.3, 0.4) is 0 Å². The third-order valence-corrected chi connectivity index (χ3v) is 6.36. The molecule has 2 aliphatic heterocycles. The van der Waals surface area contributed by atoms with Gasteiger partial charge in [0.25, 0.3) is 0 Å². The summed E-state index contributed by atoms with van der Waals surface area (Å²) in [4.78, 5) is 16.5. The van der Waals surface area contributed by atoms with Gasteiger partial charge in [0.05, 0.1) is 12.3 Å². The molecule has 0 saturated carbocycles. The van der Waals surface area contributed by atoms with Gasteiger partial charge >= 0.3 is 6.03 Å². The molecule has 7 nitrogen and oxygen atoms in total. The number of rotatable bonds is 6. The van der Waals surface area contributed by atoms with Crippen molar-refractivity contribution in [2.24, 2.45) is 0 Å². The molecule has 160 valence electrons. The molecule has 30 heavy (non-hydrogen) atoms. The van der Waals surface area contributed by atoms with Crippen molar-refractivity contribution < 1.29 is 17.9 Å². The van der Waals surface area contributed by atoms with Gasteiger partial charge in [0.15, 0.2) is 0 Å². The minimum absolute atomic E-state index is 0.00748. The van der Waals surface area contributed by atoms with Crippen LogP contribution in [0.15, 0.2) is 54.6 Å². The molecule has 2 aromatic rings. The number of nitrogens with zero attached hydrogens (tertiary/aromatic N) is 2. The van der Waals surface area contributed by atoms with E-state index in [0.29, 0.717) is 19.4 Å². The Hall–Kier alpha value is -2.58. The molecule has 2 fully saturated rings. The summed E-state index contributed by atoms with van der Waals surface area (Å²) >= 11 is 0. The Morgan fingerprint density at radius 1 is 1.03 bits per heavy atom. The van der Waals surface area contributed by atoms with Crippen LogP contribution < -0.4 is 9.46 Å². The van der Waals surface area contributed by atoms with Crippen molar-refractivity contribution in [2.45, 2.75) is 31.3 Å². The summed E-state index contributed by atoms with van der Waals surface area (Å²) in [6.07, 6.45) is 3.39. The number of carbonyl (C=O) groups excluding carboxylic acids is 1. The van der Waals surface area contributed by atoms with E-state index in [-0.39, 0.29) is 18.1 Å². The van der Waals surface area contributed by atoms with E-state index in [1.807, 2.05) is 64.4 Å². The van der Waals surface area contributed by atoms with Gasteiger partial charge in [-0.05, 0) is 49.1 Å². The number of urea groups is 1. The van der Waals surface area contributed by atoms with Gasteiger partial charge in [-0.15, -0.1) is 0 Å². The molecule has 0 bridgehead atoms. The predicted molar refractivity (Wildman–Crippen MR) is 115 cm³/mol. The molecule has 8 heteroatoms. The Morgan fingerprint density at radius 3 is 2.30 bits per heavy atom. The number of para-hydroxylation sites is 1. The Bertz CT molecular complexity index is 975. The number of hydrogen-bond donors (Lipinski definition) is 1. The monoisotopic (exact) mass is 429 g/mol. The van der Waals surface area contributed by atoms with Gasteiger partial charge < -0.3 is 14.5 Å². The van der Waals surface area contributed by atoms with Crippen LogP contribution in [0, 0.1) is 0 Å². The van der Waals surface area contributed by atoms with Crippen LogP contribution in [0.25, 0.3) is 0 Å². The summed E-state index contributed by atoms with van der Waals surface area (Å²) in [5.41, 5.74) is 1.03. The summed E-state index contributed by atoms with van der Waals surface area (Å²) < 4.78 is 32.2. The van der Waals surface area contributed by atoms with E-state index in [4.69, 9.17) is 4.74 Å². The van der Waals surface area contributed by atoms with Crippen LogP contribution in [0.4, 0.5) is 4.79 Å². The Morgan fingerprint density at radius 2 is 1.70 bits per heavy atom. The van der Waals surface area contributed by atoms with Gasteiger partial charge in [-0.2, -0.15) is 0 Å². The van der Waals surface area contributed by atoms with E-state index >= 15 is 0 Å². The first-order chi connectivity index (χ1) is 14.4. The number of nitrogens with one attached hydrogen (secondary N) is 1. The van der Waals surface area contributed by atoms with E-state index in [2.05, 4.69) is 4.72 Å². The highest BCUT2D eigenvalue weighted by Gasteiger charge is 2.40. The van der Waals surface area contributed by atoms with Crippen LogP contribution in [-0.4, -0.2) is 62.2 Å². The van der Waals surface area contributed by atoms with Crippen molar-refractivity contribution in [1.82, 2.24) is 14.5 Å². The zero-order chi connectivity index (χ0) is 21.1. The first kappa shape index (κ1) is 20.7. The van der Waals surface area contributed by atoms with Crippen molar-refractivity contribution in [1.29, 1.82) is 0 Å². The smallest absolute Gasteiger partial charge is 0.320 e. The third-order valence-electron chi connectivity index (χ3n) is 5.63. The lowest BCUT2D eigenvalue weighted by Gasteiger charge is -2.37. The van der Waals surface area contributed by atoms with Gasteiger partial charge in [0, 0.05) is 25.7 Å². The van der Waals surface area contributed by atoms with Crippen LogP contribution in [-0.2, 0) is 16.4 Å². The van der Waals surface area contributed by atoms with E-state index in [1.54, 1.807) is 0 Å². The topological polar surface area (TPSA) is 79.0 Å². The lowest BCUT2D eigenvalue weighted by Crippen LogP contribution is -2.54. The second-order valence-corrected chi connectivity index (χ2v) is 9.71. The number of sulfonamides is 1. The summed E-state index contributed by atoms with van der Waals surface area (Å²) in [5.74, 6) is 1.50. The molecule has 4 rings (SSSR count). The van der Waals surface area contributed by atoms with Crippen LogP contribution >= 0.6 is 0 Å². The zero-order valence-electron chi connectivity index (χ0n) is 17.0. The Balaban J connectivity index is 1.48. The van der Waals surface area contributed by atoms with Crippen molar-refractivity contribution in [2.75, 3.05) is 25.9 Å². The van der Waals surface area contributed by atoms with Gasteiger partial charge in [0.2, 0.25) is 10.0 Å². The standard InChI is InChI=1S/C22H27N3O4S/c1-30(27,28)23-20-12-15-25(22(26)24-13-5-14-24)21(20)16-17-8-10-19(11-9-17)29-18-6-3-2-4-7-18/h2-4,6-11,20-21,23H,5,12-16H2,1H3/t20-,21-/m0/s1. The second-order valence-electron chi connectivity index (χ2n) is 7.93. The average molecular weight is 430 g/mol. The van der Waals surface area contributed by atoms with Crippen molar-refractivity contribution in [3.8, 4) is 11.5 Å². The summed E-state index contributed by atoms with van der Waals surface area (Å²) in [6, 6.07) is 16.8. The fourth-order valence-electron chi connectivity index (χ4n) is 4.00. The molecular weight excluding hydrogens is 402 g/mol. The predicted octanol–water partition coefficient (Wildman–Crippen LogP) is 2.84. The normalized spacial score (nSPS) is 21.4. The summed E-state index contributed by atoms with van der Waals surface area (Å²) in [6.45, 7) is 2.11. The van der Waals surface area contributed by atoms with Crippen LogP contribution in [0.5, 0.6) is 11.5 Å². The minimum Gasteiger partial charge on any atom is -0.457 e. The molecule has 2 aliphatic rings. The summed E-state index contributed by atoms with van der Waals surface area (Å²) in [7, 11) is -3.36. The maximum atomic E-state index is 12.9. The highest BCUT2D eigenvalue weighted by Crippen LogP contribution is 2.27. The number of likely N-dealkylation sites (tertiary alicyclic amines) is 2. The van der Waals surface area contributed by atoms with Crippen molar-refractivity contribution >= 4 is 16.1 Å². The highest BCUT2D eigenvalue weighted by atomic mass is 32.2. The molecule has 2 amide bonds. The lowest BCUT2D eigenvalue weighted by atomic mass is 10.0. The van der Waals surface area contributed by atoms with Crippen molar-refractivity contribution in [3.63, 3.8) is 0 Å². The fourth-order valence-corrected chi connectivity index (χ4v) is 4.83. The second kappa shape index (κ2) is 8.65. The van der Waals surface area contributed by atoms with Gasteiger partial charge in [-0.1, -0.05) is 30.3 Å². The van der Waals surface area contributed by atoms with E-state index in [9.17, 15) is 13.2 Å². The summed E-state index contributed by atoms with van der Waals surface area (Å²) in [5, 5.41) is 0. The van der Waals surface area contributed by atoms with Crippen molar-refractivity contribution in [3.05, 3.63) is 60.2 Å². The molecule has 0 spiro atoms. The average Bonchev–Trinajstić information content (AvgIpc) is 3.03. The maximum absolute atomic E-state index is 12.9. The minimum atomic E-state index is -3.36. The molecule has 0 aromatic heterocycles. The molecule has 2 saturated heterocycles. The van der Waals surface area contributed by atoms with Crippen LogP contribution in [0.2, 0.25) is 0 Å². The molecular formula is C22H27N3O4S. The van der Waals surface area contributed by atoms with E-state index < -0.39 is 10.0 Å². The number of carbonyl (C=O) groups is 1. The quantitative estimate of drug-likeness (QED) is 0.766. The largest absolute Gasteiger partial charge is 0.457 e. The number of amides is 2. The SMILES string of the molecule is CS(=O)(=O)N[C@H]1CCN(C(=O)N2CCC2)[C@H]1Cc1ccc(Oc2ccccc2)cc1. The van der Waals surface area contributed by atoms with E-state index in [1.165, 1.54) is 6.26 Å². The molecule has 1 N–H and O–H groups in total. The Kier molecular flexibility index (Phi) is 5.97. The van der Waals surface area contributed by atoms with Gasteiger partial charge in [-0.25, -0.2) is 17.9 Å². The number of ether oxygens (including phenoxy) is 1. The molecule has 2 atom stereocenters. The zero-order valence-corrected chi connectivity index (χ0v) is 17.8. The highest BCUT2D eigenvalue weighted by molar-refractivity contribution is 7.88. The molecule has 0 aliphatic carbocycles. The maximum Gasteiger partial charge on any atom is 0.320 e. The Labute approximate surface area is 177 Å². The molecule has 0 unspecified atom stereocenters. The third kappa shape index (κ3) is 4.94. The van der Waals surface area contributed by atoms with E-state index in [0.717, 1.165) is 36.6 Å². The van der Waals surface area contributed by atoms with Crippen LogP contribution in [0.1, 0.15) is 18.4 Å².